The van der Waals surface area contributed by atoms with Crippen LogP contribution in [-0.4, -0.2) is 30.5 Å². The first kappa shape index (κ1) is 14.7. The van der Waals surface area contributed by atoms with E-state index in [-0.39, 0.29) is 16.3 Å². The lowest BCUT2D eigenvalue weighted by Crippen LogP contribution is -2.36. The van der Waals surface area contributed by atoms with Crippen LogP contribution in [0.3, 0.4) is 0 Å². The second kappa shape index (κ2) is 6.67. The Kier molecular flexibility index (Phi) is 4.92. The number of carbonyl (C=O) groups is 1. The Hall–Kier alpha value is -1.66. The normalized spacial score (nSPS) is 15.8. The van der Waals surface area contributed by atoms with E-state index >= 15 is 0 Å². The third-order valence-electron chi connectivity index (χ3n) is 3.43. The van der Waals surface area contributed by atoms with Crippen molar-refractivity contribution in [2.24, 2.45) is 5.92 Å². The number of hydrogen-bond donors (Lipinski definition) is 2. The lowest BCUT2D eigenvalue weighted by Gasteiger charge is -2.22. The Morgan fingerprint density at radius 1 is 1.45 bits per heavy atom. The molecule has 1 aliphatic rings. The lowest BCUT2D eigenvalue weighted by atomic mass is 9.98. The van der Waals surface area contributed by atoms with Crippen LogP contribution in [0.15, 0.2) is 18.2 Å². The Bertz CT molecular complexity index is 516. The number of nitrogens with zero attached hydrogens (tertiary/aromatic N) is 1. The van der Waals surface area contributed by atoms with Crippen LogP contribution in [0.4, 0.5) is 5.69 Å². The van der Waals surface area contributed by atoms with E-state index in [0.29, 0.717) is 12.5 Å². The Morgan fingerprint density at radius 3 is 2.80 bits per heavy atom. The molecule has 0 spiro atoms. The van der Waals surface area contributed by atoms with Crippen LogP contribution in [0.5, 0.6) is 0 Å². The maximum absolute atomic E-state index is 12.1. The van der Waals surface area contributed by atoms with Gasteiger partial charge < -0.3 is 10.6 Å². The first-order valence-electron chi connectivity index (χ1n) is 6.51. The molecule has 0 saturated carbocycles. The van der Waals surface area contributed by atoms with Gasteiger partial charge in [0.15, 0.2) is 0 Å². The molecule has 2 N–H and O–H groups in total. The van der Waals surface area contributed by atoms with Gasteiger partial charge in [-0.3, -0.25) is 14.9 Å². The van der Waals surface area contributed by atoms with Crippen LogP contribution in [0, 0.1) is 16.0 Å². The van der Waals surface area contributed by atoms with E-state index in [4.69, 9.17) is 11.6 Å². The highest BCUT2D eigenvalue weighted by atomic mass is 35.5. The molecule has 1 aromatic rings. The van der Waals surface area contributed by atoms with Gasteiger partial charge in [0.1, 0.15) is 5.56 Å². The van der Waals surface area contributed by atoms with Gasteiger partial charge in [0.25, 0.3) is 11.6 Å². The molecule has 0 bridgehead atoms. The molecule has 0 radical (unpaired) electrons. The molecule has 1 aliphatic heterocycles. The van der Waals surface area contributed by atoms with E-state index in [1.165, 1.54) is 18.2 Å². The van der Waals surface area contributed by atoms with Crippen molar-refractivity contribution < 1.29 is 9.72 Å². The van der Waals surface area contributed by atoms with Gasteiger partial charge in [-0.15, -0.1) is 0 Å². The maximum atomic E-state index is 12.1. The SMILES string of the molecule is O=C(NCC1CCNCC1)c1c(Cl)cccc1[N+](=O)[O-]. The number of benzene rings is 1. The van der Waals surface area contributed by atoms with Crippen molar-refractivity contribution in [1.82, 2.24) is 10.6 Å². The Morgan fingerprint density at radius 2 is 2.15 bits per heavy atom. The van der Waals surface area contributed by atoms with E-state index in [1.54, 1.807) is 0 Å². The molecule has 0 unspecified atom stereocenters. The highest BCUT2D eigenvalue weighted by Crippen LogP contribution is 2.26. The second-order valence-corrected chi connectivity index (χ2v) is 5.20. The fourth-order valence-corrected chi connectivity index (χ4v) is 2.56. The van der Waals surface area contributed by atoms with Crippen molar-refractivity contribution >= 4 is 23.2 Å². The van der Waals surface area contributed by atoms with E-state index < -0.39 is 10.8 Å². The largest absolute Gasteiger partial charge is 0.351 e. The first-order chi connectivity index (χ1) is 9.59. The van der Waals surface area contributed by atoms with Crippen molar-refractivity contribution in [3.63, 3.8) is 0 Å². The maximum Gasteiger partial charge on any atom is 0.283 e. The zero-order valence-corrected chi connectivity index (χ0v) is 11.7. The average Bonchev–Trinajstić information content (AvgIpc) is 2.45. The van der Waals surface area contributed by atoms with E-state index in [9.17, 15) is 14.9 Å². The summed E-state index contributed by atoms with van der Waals surface area (Å²) in [6, 6.07) is 4.23. The van der Waals surface area contributed by atoms with E-state index in [1.807, 2.05) is 0 Å². The molecule has 0 aliphatic carbocycles. The molecule has 7 heteroatoms. The van der Waals surface area contributed by atoms with E-state index in [2.05, 4.69) is 10.6 Å². The van der Waals surface area contributed by atoms with Crippen molar-refractivity contribution in [3.8, 4) is 0 Å². The number of nitrogens with one attached hydrogen (secondary N) is 2. The molecule has 2 rings (SSSR count). The zero-order chi connectivity index (χ0) is 14.5. The molecular weight excluding hydrogens is 282 g/mol. The number of amides is 1. The van der Waals surface area contributed by atoms with Crippen LogP contribution in [0.25, 0.3) is 0 Å². The highest BCUT2D eigenvalue weighted by molar-refractivity contribution is 6.34. The number of rotatable bonds is 4. The summed E-state index contributed by atoms with van der Waals surface area (Å²) in [5, 5.41) is 17.0. The predicted octanol–water partition coefficient (Wildman–Crippen LogP) is 1.98. The number of hydrogen-bond acceptors (Lipinski definition) is 4. The van der Waals surface area contributed by atoms with Gasteiger partial charge in [0.05, 0.1) is 9.95 Å². The molecule has 20 heavy (non-hydrogen) atoms. The monoisotopic (exact) mass is 297 g/mol. The van der Waals surface area contributed by atoms with Crippen molar-refractivity contribution in [1.29, 1.82) is 0 Å². The van der Waals surface area contributed by atoms with Crippen molar-refractivity contribution in [2.45, 2.75) is 12.8 Å². The Labute approximate surface area is 121 Å². The van der Waals surface area contributed by atoms with Crippen LogP contribution in [-0.2, 0) is 0 Å². The quantitative estimate of drug-likeness (QED) is 0.657. The fraction of sp³-hybridized carbons (Fsp3) is 0.462. The number of halogens is 1. The van der Waals surface area contributed by atoms with Gasteiger partial charge in [-0.25, -0.2) is 0 Å². The summed E-state index contributed by atoms with van der Waals surface area (Å²) in [6.07, 6.45) is 1.98. The zero-order valence-electron chi connectivity index (χ0n) is 10.9. The predicted molar refractivity (Wildman–Crippen MR) is 76.0 cm³/mol. The first-order valence-corrected chi connectivity index (χ1v) is 6.89. The van der Waals surface area contributed by atoms with E-state index in [0.717, 1.165) is 25.9 Å². The minimum absolute atomic E-state index is 0.0619. The third-order valence-corrected chi connectivity index (χ3v) is 3.74. The molecule has 1 fully saturated rings. The van der Waals surface area contributed by atoms with Crippen molar-refractivity contribution in [3.05, 3.63) is 38.9 Å². The fourth-order valence-electron chi connectivity index (χ4n) is 2.30. The highest BCUT2D eigenvalue weighted by Gasteiger charge is 2.24. The summed E-state index contributed by atoms with van der Waals surface area (Å²) in [5.41, 5.74) is -0.326. The summed E-state index contributed by atoms with van der Waals surface area (Å²) in [4.78, 5) is 22.5. The standard InChI is InChI=1S/C13H16ClN3O3/c14-10-2-1-3-11(17(19)20)12(10)13(18)16-8-9-4-6-15-7-5-9/h1-3,9,15H,4-8H2,(H,16,18). The molecule has 0 aromatic heterocycles. The number of nitro groups is 1. The molecule has 1 amide bonds. The Balaban J connectivity index is 2.06. The smallest absolute Gasteiger partial charge is 0.283 e. The van der Waals surface area contributed by atoms with Gasteiger partial charge in [-0.1, -0.05) is 17.7 Å². The van der Waals surface area contributed by atoms with Gasteiger partial charge in [0, 0.05) is 12.6 Å². The number of nitro benzene ring substituents is 1. The van der Waals surface area contributed by atoms with Gasteiger partial charge >= 0.3 is 0 Å². The van der Waals surface area contributed by atoms with Crippen LogP contribution < -0.4 is 10.6 Å². The molecule has 108 valence electrons. The number of carbonyl (C=O) groups excluding carboxylic acids is 1. The van der Waals surface area contributed by atoms with Crippen LogP contribution >= 0.6 is 11.6 Å². The van der Waals surface area contributed by atoms with Crippen molar-refractivity contribution in [2.75, 3.05) is 19.6 Å². The minimum Gasteiger partial charge on any atom is -0.351 e. The molecule has 1 saturated heterocycles. The molecule has 1 heterocycles. The van der Waals surface area contributed by atoms with Gasteiger partial charge in [0.2, 0.25) is 0 Å². The second-order valence-electron chi connectivity index (χ2n) is 4.79. The van der Waals surface area contributed by atoms with Gasteiger partial charge in [-0.2, -0.15) is 0 Å². The number of piperidine rings is 1. The topological polar surface area (TPSA) is 84.3 Å². The summed E-state index contributed by atoms with van der Waals surface area (Å²) < 4.78 is 0. The summed E-state index contributed by atoms with van der Waals surface area (Å²) in [7, 11) is 0. The van der Waals surface area contributed by atoms with Crippen LogP contribution in [0.1, 0.15) is 23.2 Å². The van der Waals surface area contributed by atoms with Crippen LogP contribution in [0.2, 0.25) is 5.02 Å². The van der Waals surface area contributed by atoms with Gasteiger partial charge in [-0.05, 0) is 37.9 Å². The minimum atomic E-state index is -0.592. The summed E-state index contributed by atoms with van der Waals surface area (Å²) >= 11 is 5.91. The summed E-state index contributed by atoms with van der Waals surface area (Å²) in [5.74, 6) is -0.0809. The molecule has 0 atom stereocenters. The summed E-state index contributed by atoms with van der Waals surface area (Å²) in [6.45, 7) is 2.39. The molecule has 1 aromatic carbocycles. The molecular formula is C13H16ClN3O3. The average molecular weight is 298 g/mol. The third kappa shape index (κ3) is 3.46. The lowest BCUT2D eigenvalue weighted by molar-refractivity contribution is -0.385. The molecule has 6 nitrogen and oxygen atoms in total.